The smallest absolute Gasteiger partial charge is 0.306 e. The van der Waals surface area contributed by atoms with Crippen molar-refractivity contribution in [1.82, 2.24) is 0 Å². The minimum Gasteiger partial charge on any atom is -0.481 e. The van der Waals surface area contributed by atoms with Gasteiger partial charge in [-0.3, -0.25) is 14.4 Å². The van der Waals surface area contributed by atoms with Crippen molar-refractivity contribution in [2.45, 2.75) is 74.6 Å². The fraction of sp³-hybridized carbons (Fsp3) is 0.708. The number of carbonyl (C=O) groups excluding carboxylic acids is 2. The first kappa shape index (κ1) is 26.3. The highest BCUT2D eigenvalue weighted by molar-refractivity contribution is 9.12. The lowest BCUT2D eigenvalue weighted by atomic mass is 9.46. The van der Waals surface area contributed by atoms with Crippen molar-refractivity contribution in [2.75, 3.05) is 0 Å². The number of aliphatic hydroxyl groups excluding tert-OH is 1. The van der Waals surface area contributed by atoms with Crippen LogP contribution in [0.5, 0.6) is 0 Å². The zero-order chi connectivity index (χ0) is 25.6. The van der Waals surface area contributed by atoms with Gasteiger partial charge in [-0.2, -0.15) is 0 Å². The third-order valence-electron chi connectivity index (χ3n) is 9.27. The van der Waals surface area contributed by atoms with Crippen LogP contribution in [0, 0.1) is 28.6 Å². The molecule has 3 fully saturated rings. The van der Waals surface area contributed by atoms with Gasteiger partial charge in [0.15, 0.2) is 11.6 Å². The molecule has 0 aliphatic heterocycles. The van der Waals surface area contributed by atoms with Gasteiger partial charge in [-0.1, -0.05) is 26.8 Å². The van der Waals surface area contributed by atoms with Gasteiger partial charge in [-0.25, -0.2) is 4.39 Å². The molecule has 4 aliphatic carbocycles. The number of aliphatic hydroxyl groups is 2. The fourth-order valence-electron chi connectivity index (χ4n) is 7.57. The van der Waals surface area contributed by atoms with Gasteiger partial charge in [0.1, 0.15) is 17.9 Å². The predicted octanol–water partition coefficient (Wildman–Crippen LogP) is 3.93. The van der Waals surface area contributed by atoms with E-state index >= 15 is 4.39 Å². The number of hydrogen-bond acceptors (Lipinski definition) is 5. The van der Waals surface area contributed by atoms with Crippen LogP contribution >= 0.6 is 39.1 Å². The van der Waals surface area contributed by atoms with Crippen LogP contribution in [-0.2, 0) is 14.4 Å². The number of carbonyl (C=O) groups is 3. The van der Waals surface area contributed by atoms with E-state index in [2.05, 4.69) is 15.9 Å². The number of carboxylic acid groups (broad SMARTS) is 1. The van der Waals surface area contributed by atoms with Crippen LogP contribution < -0.4 is 0 Å². The van der Waals surface area contributed by atoms with Gasteiger partial charge in [0.2, 0.25) is 0 Å². The van der Waals surface area contributed by atoms with Crippen molar-refractivity contribution >= 4 is 56.7 Å². The molecule has 0 bridgehead atoms. The number of aliphatic carboxylic acids is 1. The standard InChI is InChI=1S/C24H28BrCl2FO6/c1-10-4-11-12-5-15(28)13-6-16(29)14(25)8-21(13,2)23(12,27)18(26)9-22(11,3)24(10,34)20(33)17(30)7-19(31)32/h6,8,10-12,15,17-18,30,34H,4-5,7,9H2,1-3H3,(H,31,32)/t10?,11-,12-,15?,17?,18?,21-,22-,23-,24-/m0/s1. The van der Waals surface area contributed by atoms with Gasteiger partial charge >= 0.3 is 5.97 Å². The van der Waals surface area contributed by atoms with Gasteiger partial charge in [0.05, 0.1) is 21.2 Å². The van der Waals surface area contributed by atoms with Crippen molar-refractivity contribution in [3.05, 3.63) is 22.2 Å². The number of ketones is 2. The first-order chi connectivity index (χ1) is 15.6. The zero-order valence-corrected chi connectivity index (χ0v) is 22.1. The second-order valence-corrected chi connectivity index (χ2v) is 12.8. The molecule has 4 aliphatic rings. The highest BCUT2D eigenvalue weighted by Crippen LogP contribution is 2.72. The molecule has 6 nitrogen and oxygen atoms in total. The van der Waals surface area contributed by atoms with E-state index in [9.17, 15) is 24.6 Å². The van der Waals surface area contributed by atoms with Crippen LogP contribution in [0.4, 0.5) is 4.39 Å². The summed E-state index contributed by atoms with van der Waals surface area (Å²) >= 11 is 17.6. The van der Waals surface area contributed by atoms with Crippen LogP contribution in [0.15, 0.2) is 22.2 Å². The second-order valence-electron chi connectivity index (χ2n) is 10.8. The van der Waals surface area contributed by atoms with Crippen molar-refractivity contribution in [2.24, 2.45) is 28.6 Å². The number of halogens is 4. The van der Waals surface area contributed by atoms with Crippen LogP contribution in [0.1, 0.15) is 46.5 Å². The first-order valence-electron chi connectivity index (χ1n) is 11.3. The van der Waals surface area contributed by atoms with Crippen LogP contribution in [0.25, 0.3) is 0 Å². The molecule has 3 N–H and O–H groups in total. The quantitative estimate of drug-likeness (QED) is 0.434. The summed E-state index contributed by atoms with van der Waals surface area (Å²) in [5, 5.41) is 30.4. The summed E-state index contributed by atoms with van der Waals surface area (Å²) in [7, 11) is 0. The highest BCUT2D eigenvalue weighted by Gasteiger charge is 2.75. The molecule has 10 heteroatoms. The number of carboxylic acids is 1. The molecule has 4 unspecified atom stereocenters. The number of alkyl halides is 3. The number of rotatable bonds is 4. The molecule has 0 radical (unpaired) electrons. The molecule has 0 saturated heterocycles. The second kappa shape index (κ2) is 8.10. The average molecular weight is 582 g/mol. The summed E-state index contributed by atoms with van der Waals surface area (Å²) in [6.07, 6.45) is -0.876. The molecule has 4 rings (SSSR count). The van der Waals surface area contributed by atoms with E-state index in [1.807, 2.05) is 0 Å². The van der Waals surface area contributed by atoms with E-state index in [1.54, 1.807) is 26.8 Å². The lowest BCUT2D eigenvalue weighted by Gasteiger charge is -2.64. The molecule has 3 saturated carbocycles. The third-order valence-corrected chi connectivity index (χ3v) is 11.4. The maximum absolute atomic E-state index is 15.6. The van der Waals surface area contributed by atoms with E-state index in [-0.39, 0.29) is 28.7 Å². The Morgan fingerprint density at radius 1 is 1.29 bits per heavy atom. The van der Waals surface area contributed by atoms with E-state index in [1.165, 1.54) is 6.08 Å². The summed E-state index contributed by atoms with van der Waals surface area (Å²) in [5.41, 5.74) is -4.04. The summed E-state index contributed by atoms with van der Waals surface area (Å²) in [6.45, 7) is 5.14. The summed E-state index contributed by atoms with van der Waals surface area (Å²) in [5.74, 6) is -4.29. The molecule has 0 spiro atoms. The molecule has 0 aromatic rings. The Labute approximate surface area is 215 Å². The summed E-state index contributed by atoms with van der Waals surface area (Å²) in [6, 6.07) is 0. The minimum absolute atomic E-state index is 0.0260. The largest absolute Gasteiger partial charge is 0.481 e. The first-order valence-corrected chi connectivity index (χ1v) is 12.9. The predicted molar refractivity (Wildman–Crippen MR) is 128 cm³/mol. The Morgan fingerprint density at radius 2 is 1.91 bits per heavy atom. The SMILES string of the molecule is CC1C[C@H]2[C@@H]3CC(F)C4=CC(=O)C(Br)=C[C@]4(C)[C@@]3(Cl)C(Cl)C[C@]2(C)[C@@]1(O)C(=O)C(O)CC(=O)O. The van der Waals surface area contributed by atoms with Crippen LogP contribution in [0.3, 0.4) is 0 Å². The molecule has 10 atom stereocenters. The normalized spacial score (nSPS) is 48.7. The van der Waals surface area contributed by atoms with Gasteiger partial charge in [0, 0.05) is 10.8 Å². The van der Waals surface area contributed by atoms with Crippen molar-refractivity contribution in [3.63, 3.8) is 0 Å². The van der Waals surface area contributed by atoms with Crippen LogP contribution in [0.2, 0.25) is 0 Å². The highest BCUT2D eigenvalue weighted by atomic mass is 79.9. The molecular weight excluding hydrogens is 554 g/mol. The van der Waals surface area contributed by atoms with Gasteiger partial charge in [-0.15, -0.1) is 23.2 Å². The summed E-state index contributed by atoms with van der Waals surface area (Å²) in [4.78, 5) is 35.5. The molecule has 0 aromatic heterocycles. The van der Waals surface area contributed by atoms with E-state index in [4.69, 9.17) is 28.3 Å². The molecule has 34 heavy (non-hydrogen) atoms. The van der Waals surface area contributed by atoms with E-state index in [0.717, 1.165) is 0 Å². The number of Topliss-reactive ketones (excluding diaryl/α,β-unsaturated/α-hetero) is 1. The Kier molecular flexibility index (Phi) is 6.26. The Hall–Kier alpha value is -0.800. The Morgan fingerprint density at radius 3 is 2.50 bits per heavy atom. The minimum atomic E-state index is -2.06. The topological polar surface area (TPSA) is 112 Å². The van der Waals surface area contributed by atoms with Crippen LogP contribution in [-0.4, -0.2) is 61.0 Å². The molecule has 0 heterocycles. The molecular formula is C24H28BrCl2FO6. The van der Waals surface area contributed by atoms with Gasteiger partial charge in [0.25, 0.3) is 0 Å². The van der Waals surface area contributed by atoms with E-state index < -0.39 is 74.9 Å². The number of hydrogen-bond donors (Lipinski definition) is 3. The number of fused-ring (bicyclic) bond motifs is 5. The maximum atomic E-state index is 15.6. The maximum Gasteiger partial charge on any atom is 0.306 e. The Bertz CT molecular complexity index is 1030. The fourth-order valence-corrected chi connectivity index (χ4v) is 9.33. The van der Waals surface area contributed by atoms with Gasteiger partial charge < -0.3 is 15.3 Å². The molecule has 188 valence electrons. The van der Waals surface area contributed by atoms with Crippen molar-refractivity contribution in [3.8, 4) is 0 Å². The Balaban J connectivity index is 1.82. The monoisotopic (exact) mass is 580 g/mol. The lowest BCUT2D eigenvalue weighted by Crippen LogP contribution is -2.69. The van der Waals surface area contributed by atoms with Crippen molar-refractivity contribution in [1.29, 1.82) is 0 Å². The summed E-state index contributed by atoms with van der Waals surface area (Å²) < 4.78 is 15.9. The zero-order valence-electron chi connectivity index (χ0n) is 19.0. The van der Waals surface area contributed by atoms with E-state index in [0.29, 0.717) is 6.42 Å². The van der Waals surface area contributed by atoms with Gasteiger partial charge in [-0.05, 0) is 64.6 Å². The third kappa shape index (κ3) is 3.14. The van der Waals surface area contributed by atoms with Crippen molar-refractivity contribution < 1.29 is 34.1 Å². The molecule has 0 aromatic carbocycles. The molecule has 0 amide bonds. The average Bonchev–Trinajstić information content (AvgIpc) is 2.93. The lowest BCUT2D eigenvalue weighted by molar-refractivity contribution is -0.175. The number of allylic oxidation sites excluding steroid dienone is 4.